The molecule has 4 nitrogen and oxygen atoms in total. The number of piperazine rings is 1. The highest BCUT2D eigenvalue weighted by Gasteiger charge is 2.48. The minimum absolute atomic E-state index is 0.0221. The quantitative estimate of drug-likeness (QED) is 0.911. The molecule has 1 spiro atoms. The third-order valence-corrected chi connectivity index (χ3v) is 4.60. The van der Waals surface area contributed by atoms with E-state index in [9.17, 15) is 14.0 Å². The molecule has 0 atom stereocenters. The molecule has 2 amide bonds. The molecule has 1 N–H and O–H groups in total. The first-order valence-electron chi connectivity index (χ1n) is 7.04. The Balaban J connectivity index is 1.84. The highest BCUT2D eigenvalue weighted by Crippen LogP contribution is 2.34. The summed E-state index contributed by atoms with van der Waals surface area (Å²) in [5.74, 6) is -0.617. The van der Waals surface area contributed by atoms with Crippen LogP contribution >= 0.6 is 11.6 Å². The molecule has 1 aliphatic carbocycles. The van der Waals surface area contributed by atoms with E-state index in [1.807, 2.05) is 0 Å². The number of amides is 2. The van der Waals surface area contributed by atoms with Crippen LogP contribution in [0.25, 0.3) is 0 Å². The van der Waals surface area contributed by atoms with Crippen molar-refractivity contribution in [1.82, 2.24) is 10.2 Å². The molecule has 21 heavy (non-hydrogen) atoms. The van der Waals surface area contributed by atoms with Gasteiger partial charge in [0.15, 0.2) is 0 Å². The number of nitrogens with one attached hydrogen (secondary N) is 1. The van der Waals surface area contributed by atoms with E-state index in [0.29, 0.717) is 18.4 Å². The third-order valence-electron chi connectivity index (χ3n) is 4.24. The molecule has 1 aromatic rings. The summed E-state index contributed by atoms with van der Waals surface area (Å²) in [6.07, 6.45) is 3.25. The van der Waals surface area contributed by atoms with Gasteiger partial charge in [0.1, 0.15) is 11.4 Å². The van der Waals surface area contributed by atoms with Crippen LogP contribution in [-0.2, 0) is 16.1 Å². The molecule has 2 aliphatic rings. The molecular formula is C15H16ClFN2O2. The highest BCUT2D eigenvalue weighted by atomic mass is 35.5. The summed E-state index contributed by atoms with van der Waals surface area (Å²) >= 11 is 6.01. The maximum Gasteiger partial charge on any atom is 0.249 e. The van der Waals surface area contributed by atoms with Gasteiger partial charge in [0.2, 0.25) is 11.8 Å². The number of hydrogen-bond donors (Lipinski definition) is 1. The lowest BCUT2D eigenvalue weighted by atomic mass is 9.93. The van der Waals surface area contributed by atoms with Crippen LogP contribution in [-0.4, -0.2) is 28.8 Å². The zero-order valence-corrected chi connectivity index (χ0v) is 12.3. The number of nitrogens with zero attached hydrogens (tertiary/aromatic N) is 1. The predicted molar refractivity (Wildman–Crippen MR) is 76.2 cm³/mol. The van der Waals surface area contributed by atoms with Crippen molar-refractivity contribution in [3.63, 3.8) is 0 Å². The summed E-state index contributed by atoms with van der Waals surface area (Å²) in [5.41, 5.74) is -0.0868. The van der Waals surface area contributed by atoms with E-state index < -0.39 is 11.4 Å². The molecule has 3 rings (SSSR count). The first-order valence-corrected chi connectivity index (χ1v) is 7.42. The van der Waals surface area contributed by atoms with Crippen LogP contribution in [0.3, 0.4) is 0 Å². The fraction of sp³-hybridized carbons (Fsp3) is 0.467. The summed E-state index contributed by atoms with van der Waals surface area (Å²) in [6.45, 7) is 0.251. The Kier molecular flexibility index (Phi) is 3.61. The van der Waals surface area contributed by atoms with E-state index in [1.54, 1.807) is 6.07 Å². The van der Waals surface area contributed by atoms with Crippen molar-refractivity contribution >= 4 is 23.4 Å². The summed E-state index contributed by atoms with van der Waals surface area (Å²) < 4.78 is 13.1. The molecular weight excluding hydrogens is 295 g/mol. The summed E-state index contributed by atoms with van der Waals surface area (Å²) in [6, 6.07) is 4.08. The Morgan fingerprint density at radius 2 is 2.00 bits per heavy atom. The number of hydrogen-bond acceptors (Lipinski definition) is 2. The SMILES string of the molecule is O=C1CN(Cc2ccc(F)cc2Cl)C(=O)C2(CCCC2)N1. The molecule has 0 aromatic heterocycles. The van der Waals surface area contributed by atoms with E-state index in [2.05, 4.69) is 5.32 Å². The second kappa shape index (κ2) is 5.30. The molecule has 1 saturated heterocycles. The van der Waals surface area contributed by atoms with Crippen molar-refractivity contribution in [3.8, 4) is 0 Å². The summed E-state index contributed by atoms with van der Waals surface area (Å²) in [4.78, 5) is 26.1. The summed E-state index contributed by atoms with van der Waals surface area (Å²) in [7, 11) is 0. The number of carbonyl (C=O) groups is 2. The van der Waals surface area contributed by atoms with Crippen molar-refractivity contribution in [1.29, 1.82) is 0 Å². The van der Waals surface area contributed by atoms with E-state index in [4.69, 9.17) is 11.6 Å². The van der Waals surface area contributed by atoms with E-state index >= 15 is 0 Å². The standard InChI is InChI=1S/C15H16ClFN2O2/c16-12-7-11(17)4-3-10(12)8-19-9-13(20)18-15(14(19)21)5-1-2-6-15/h3-4,7H,1-2,5-6,8-9H2,(H,18,20). The average Bonchev–Trinajstić information content (AvgIpc) is 2.88. The van der Waals surface area contributed by atoms with E-state index in [0.717, 1.165) is 12.8 Å². The zero-order chi connectivity index (χ0) is 15.0. The van der Waals surface area contributed by atoms with Crippen LogP contribution in [0.5, 0.6) is 0 Å². The highest BCUT2D eigenvalue weighted by molar-refractivity contribution is 6.31. The van der Waals surface area contributed by atoms with Gasteiger partial charge in [-0.3, -0.25) is 9.59 Å². The van der Waals surface area contributed by atoms with Crippen molar-refractivity contribution in [2.45, 2.75) is 37.8 Å². The van der Waals surface area contributed by atoms with Crippen molar-refractivity contribution in [2.75, 3.05) is 6.54 Å². The van der Waals surface area contributed by atoms with Crippen LogP contribution in [0.15, 0.2) is 18.2 Å². The van der Waals surface area contributed by atoms with Crippen LogP contribution in [0.2, 0.25) is 5.02 Å². The largest absolute Gasteiger partial charge is 0.340 e. The van der Waals surface area contributed by atoms with Gasteiger partial charge in [-0.25, -0.2) is 4.39 Å². The van der Waals surface area contributed by atoms with Crippen LogP contribution in [0.1, 0.15) is 31.2 Å². The normalized spacial score (nSPS) is 21.0. The average molecular weight is 311 g/mol. The first kappa shape index (κ1) is 14.3. The molecule has 0 unspecified atom stereocenters. The Hall–Kier alpha value is -1.62. The molecule has 112 valence electrons. The molecule has 1 saturated carbocycles. The first-order chi connectivity index (χ1) is 10.00. The molecule has 1 heterocycles. The molecule has 0 radical (unpaired) electrons. The number of rotatable bonds is 2. The summed E-state index contributed by atoms with van der Waals surface area (Å²) in [5, 5.41) is 3.13. The van der Waals surface area contributed by atoms with Gasteiger partial charge in [0.05, 0.1) is 6.54 Å². The fourth-order valence-electron chi connectivity index (χ4n) is 3.21. The monoisotopic (exact) mass is 310 g/mol. The lowest BCUT2D eigenvalue weighted by Gasteiger charge is -2.39. The topological polar surface area (TPSA) is 49.4 Å². The Morgan fingerprint density at radius 1 is 1.29 bits per heavy atom. The Labute approximate surface area is 127 Å². The third kappa shape index (κ3) is 2.62. The number of benzene rings is 1. The molecule has 2 fully saturated rings. The lowest BCUT2D eigenvalue weighted by Crippen LogP contribution is -2.65. The second-order valence-corrected chi connectivity index (χ2v) is 6.14. The smallest absolute Gasteiger partial charge is 0.249 e. The van der Waals surface area contributed by atoms with Gasteiger partial charge in [-0.15, -0.1) is 0 Å². The Bertz CT molecular complexity index is 599. The van der Waals surface area contributed by atoms with Gasteiger partial charge < -0.3 is 10.2 Å². The predicted octanol–water partition coefficient (Wildman–Crippen LogP) is 2.25. The molecule has 6 heteroatoms. The lowest BCUT2D eigenvalue weighted by molar-refractivity contribution is -0.150. The van der Waals surface area contributed by atoms with Crippen LogP contribution in [0, 0.1) is 5.82 Å². The van der Waals surface area contributed by atoms with Gasteiger partial charge >= 0.3 is 0 Å². The Morgan fingerprint density at radius 3 is 2.67 bits per heavy atom. The van der Waals surface area contributed by atoms with Gasteiger partial charge in [-0.2, -0.15) is 0 Å². The van der Waals surface area contributed by atoms with E-state index in [1.165, 1.54) is 17.0 Å². The number of carbonyl (C=O) groups excluding carboxylic acids is 2. The van der Waals surface area contributed by atoms with Gasteiger partial charge in [0.25, 0.3) is 0 Å². The van der Waals surface area contributed by atoms with Gasteiger partial charge in [-0.1, -0.05) is 30.5 Å². The maximum atomic E-state index is 13.1. The second-order valence-electron chi connectivity index (χ2n) is 5.73. The maximum absolute atomic E-state index is 13.1. The van der Waals surface area contributed by atoms with Gasteiger partial charge in [-0.05, 0) is 30.5 Å². The van der Waals surface area contributed by atoms with Crippen molar-refractivity contribution < 1.29 is 14.0 Å². The van der Waals surface area contributed by atoms with Crippen molar-refractivity contribution in [2.24, 2.45) is 0 Å². The molecule has 1 aromatic carbocycles. The zero-order valence-electron chi connectivity index (χ0n) is 11.5. The number of halogens is 2. The fourth-order valence-corrected chi connectivity index (χ4v) is 3.44. The molecule has 0 bridgehead atoms. The minimum atomic E-state index is -0.734. The van der Waals surface area contributed by atoms with Gasteiger partial charge in [0, 0.05) is 11.6 Å². The minimum Gasteiger partial charge on any atom is -0.340 e. The van der Waals surface area contributed by atoms with Crippen LogP contribution < -0.4 is 5.32 Å². The van der Waals surface area contributed by atoms with Crippen LogP contribution in [0.4, 0.5) is 4.39 Å². The molecule has 1 aliphatic heterocycles. The van der Waals surface area contributed by atoms with Crippen molar-refractivity contribution in [3.05, 3.63) is 34.6 Å². The van der Waals surface area contributed by atoms with E-state index in [-0.39, 0.29) is 29.9 Å².